The molecule has 0 saturated heterocycles. The molecule has 0 saturated carbocycles. The molecule has 0 rings (SSSR count). The normalized spacial score (nSPS) is 18.0. The van der Waals surface area contributed by atoms with E-state index in [4.69, 9.17) is 4.43 Å². The van der Waals surface area contributed by atoms with Gasteiger partial charge < -0.3 is 4.43 Å². The summed E-state index contributed by atoms with van der Waals surface area (Å²) in [4.78, 5) is 0. The molecule has 0 spiro atoms. The Labute approximate surface area is 104 Å². The predicted octanol–water partition coefficient (Wildman–Crippen LogP) is 4.61. The maximum Gasteiger partial charge on any atom is 0.192 e. The average Bonchev–Trinajstić information content (AvgIpc) is 1.79. The standard InChI is InChI=1S/C11H25IOSi/c1-9(12)8-10(2)13-14(6,7)11(3,4)5/h9-10H,8H2,1-7H3/t9-,10+/m0/s1. The Kier molecular flexibility index (Phi) is 5.64. The summed E-state index contributed by atoms with van der Waals surface area (Å²) in [6.45, 7) is 16.0. The van der Waals surface area contributed by atoms with Gasteiger partial charge in [-0.3, -0.25) is 0 Å². The lowest BCUT2D eigenvalue weighted by Crippen LogP contribution is -2.43. The van der Waals surface area contributed by atoms with Gasteiger partial charge in [-0.25, -0.2) is 0 Å². The minimum Gasteiger partial charge on any atom is -0.414 e. The fourth-order valence-corrected chi connectivity index (χ4v) is 3.36. The van der Waals surface area contributed by atoms with Gasteiger partial charge in [-0.15, -0.1) is 0 Å². The van der Waals surface area contributed by atoms with Gasteiger partial charge in [0.2, 0.25) is 0 Å². The first kappa shape index (κ1) is 14.9. The highest BCUT2D eigenvalue weighted by atomic mass is 127. The summed E-state index contributed by atoms with van der Waals surface area (Å²) in [5, 5.41) is 0.329. The summed E-state index contributed by atoms with van der Waals surface area (Å²) < 4.78 is 6.95. The average molecular weight is 328 g/mol. The quantitative estimate of drug-likeness (QED) is 0.416. The molecule has 2 atom stereocenters. The number of hydrogen-bond donors (Lipinski definition) is 0. The molecule has 0 amide bonds. The molecule has 0 fully saturated rings. The Morgan fingerprint density at radius 1 is 1.21 bits per heavy atom. The summed E-state index contributed by atoms with van der Waals surface area (Å²) in [6, 6.07) is 0. The van der Waals surface area contributed by atoms with Crippen LogP contribution < -0.4 is 0 Å². The molecule has 0 radical (unpaired) electrons. The number of halogens is 1. The maximum absolute atomic E-state index is 6.25. The van der Waals surface area contributed by atoms with E-state index in [1.54, 1.807) is 0 Å². The van der Waals surface area contributed by atoms with Gasteiger partial charge in [0.25, 0.3) is 0 Å². The third-order valence-electron chi connectivity index (χ3n) is 2.96. The van der Waals surface area contributed by atoms with Crippen molar-refractivity contribution in [3.05, 3.63) is 0 Å². The first-order chi connectivity index (χ1) is 6.06. The van der Waals surface area contributed by atoms with Crippen molar-refractivity contribution in [1.82, 2.24) is 0 Å². The van der Waals surface area contributed by atoms with Crippen molar-refractivity contribution in [3.8, 4) is 0 Å². The van der Waals surface area contributed by atoms with E-state index < -0.39 is 8.32 Å². The Morgan fingerprint density at radius 3 is 1.93 bits per heavy atom. The van der Waals surface area contributed by atoms with Crippen molar-refractivity contribution in [2.45, 2.75) is 69.2 Å². The Bertz CT molecular complexity index is 173. The molecule has 0 heterocycles. The lowest BCUT2D eigenvalue weighted by Gasteiger charge is -2.38. The monoisotopic (exact) mass is 328 g/mol. The second-order valence-electron chi connectivity index (χ2n) is 5.71. The molecule has 0 aliphatic carbocycles. The zero-order valence-electron chi connectivity index (χ0n) is 10.6. The number of hydrogen-bond acceptors (Lipinski definition) is 1. The number of alkyl halides is 1. The van der Waals surface area contributed by atoms with Crippen molar-refractivity contribution < 1.29 is 4.43 Å². The zero-order chi connectivity index (χ0) is 11.6. The van der Waals surface area contributed by atoms with Crippen molar-refractivity contribution in [2.24, 2.45) is 0 Å². The molecule has 0 aromatic heterocycles. The molecule has 0 aromatic rings. The summed E-state index contributed by atoms with van der Waals surface area (Å²) in [6.07, 6.45) is 1.57. The van der Waals surface area contributed by atoms with Crippen LogP contribution in [0.25, 0.3) is 0 Å². The van der Waals surface area contributed by atoms with E-state index in [0.29, 0.717) is 15.1 Å². The zero-order valence-corrected chi connectivity index (χ0v) is 13.8. The van der Waals surface area contributed by atoms with Gasteiger partial charge in [0.05, 0.1) is 0 Å². The molecule has 0 aromatic carbocycles. The Balaban J connectivity index is 4.22. The van der Waals surface area contributed by atoms with Crippen molar-refractivity contribution in [3.63, 3.8) is 0 Å². The van der Waals surface area contributed by atoms with Crippen molar-refractivity contribution >= 4 is 30.9 Å². The van der Waals surface area contributed by atoms with E-state index in [-0.39, 0.29) is 0 Å². The van der Waals surface area contributed by atoms with Gasteiger partial charge in [-0.2, -0.15) is 0 Å². The predicted molar refractivity (Wildman–Crippen MR) is 75.8 cm³/mol. The van der Waals surface area contributed by atoms with E-state index in [9.17, 15) is 0 Å². The molecular weight excluding hydrogens is 303 g/mol. The minimum absolute atomic E-state index is 0.329. The third-order valence-corrected chi connectivity index (χ3v) is 8.07. The van der Waals surface area contributed by atoms with Crippen molar-refractivity contribution in [2.75, 3.05) is 0 Å². The lowest BCUT2D eigenvalue weighted by molar-refractivity contribution is 0.191. The van der Waals surface area contributed by atoms with Gasteiger partial charge >= 0.3 is 0 Å². The van der Waals surface area contributed by atoms with Crippen LogP contribution in [0.5, 0.6) is 0 Å². The molecule has 0 aliphatic rings. The molecule has 0 bridgehead atoms. The molecule has 0 unspecified atom stereocenters. The SMILES string of the molecule is C[C@H](I)C[C@@H](C)O[Si](C)(C)C(C)(C)C. The highest BCUT2D eigenvalue weighted by Crippen LogP contribution is 2.37. The second-order valence-corrected chi connectivity index (χ2v) is 12.6. The summed E-state index contributed by atoms with van der Waals surface area (Å²) in [5.41, 5.74) is 0. The van der Waals surface area contributed by atoms with E-state index >= 15 is 0 Å². The van der Waals surface area contributed by atoms with Crippen LogP contribution in [0.4, 0.5) is 0 Å². The smallest absolute Gasteiger partial charge is 0.192 e. The summed E-state index contributed by atoms with van der Waals surface area (Å²) >= 11 is 2.47. The topological polar surface area (TPSA) is 9.23 Å². The van der Waals surface area contributed by atoms with Gasteiger partial charge in [0, 0.05) is 10.0 Å². The van der Waals surface area contributed by atoms with E-state index in [1.807, 2.05) is 0 Å². The Hall–Kier alpha value is 0.907. The fraction of sp³-hybridized carbons (Fsp3) is 1.00. The molecular formula is C11H25IOSi. The van der Waals surface area contributed by atoms with Crippen LogP contribution in [-0.4, -0.2) is 18.3 Å². The van der Waals surface area contributed by atoms with Gasteiger partial charge in [0.1, 0.15) is 0 Å². The Morgan fingerprint density at radius 2 is 1.64 bits per heavy atom. The van der Waals surface area contributed by atoms with Crippen LogP contribution in [0.1, 0.15) is 41.0 Å². The second kappa shape index (κ2) is 5.30. The maximum atomic E-state index is 6.25. The third kappa shape index (κ3) is 5.12. The molecule has 3 heteroatoms. The van der Waals surface area contributed by atoms with Crippen molar-refractivity contribution in [1.29, 1.82) is 0 Å². The number of rotatable bonds is 4. The minimum atomic E-state index is -1.54. The van der Waals surface area contributed by atoms with Crippen LogP contribution >= 0.6 is 22.6 Å². The fourth-order valence-electron chi connectivity index (χ4n) is 1.19. The van der Waals surface area contributed by atoms with Crippen LogP contribution in [0.2, 0.25) is 18.1 Å². The van der Waals surface area contributed by atoms with Crippen LogP contribution in [0.3, 0.4) is 0 Å². The van der Waals surface area contributed by atoms with E-state index in [0.717, 1.165) is 6.42 Å². The van der Waals surface area contributed by atoms with E-state index in [2.05, 4.69) is 70.3 Å². The summed E-state index contributed by atoms with van der Waals surface area (Å²) in [5.74, 6) is 0. The first-order valence-electron chi connectivity index (χ1n) is 5.38. The van der Waals surface area contributed by atoms with Gasteiger partial charge in [0.15, 0.2) is 8.32 Å². The molecule has 1 nitrogen and oxygen atoms in total. The molecule has 0 N–H and O–H groups in total. The largest absolute Gasteiger partial charge is 0.414 e. The van der Waals surface area contributed by atoms with E-state index in [1.165, 1.54) is 0 Å². The first-order valence-corrected chi connectivity index (χ1v) is 9.53. The summed E-state index contributed by atoms with van der Waals surface area (Å²) in [7, 11) is -1.54. The van der Waals surface area contributed by atoms with Crippen LogP contribution in [0.15, 0.2) is 0 Å². The van der Waals surface area contributed by atoms with Crippen LogP contribution in [0, 0.1) is 0 Å². The van der Waals surface area contributed by atoms with Crippen LogP contribution in [-0.2, 0) is 4.43 Å². The molecule has 86 valence electrons. The molecule has 0 aliphatic heterocycles. The highest BCUT2D eigenvalue weighted by molar-refractivity contribution is 14.1. The molecule has 14 heavy (non-hydrogen) atoms. The lowest BCUT2D eigenvalue weighted by atomic mass is 10.2. The highest BCUT2D eigenvalue weighted by Gasteiger charge is 2.38. The van der Waals surface area contributed by atoms with Gasteiger partial charge in [-0.1, -0.05) is 50.3 Å². The van der Waals surface area contributed by atoms with Gasteiger partial charge in [-0.05, 0) is 31.5 Å².